The number of carbonyl (C=O) groups excluding carboxylic acids is 2. The molecule has 2 heterocycles. The van der Waals surface area contributed by atoms with Crippen molar-refractivity contribution in [2.75, 3.05) is 23.7 Å². The maximum Gasteiger partial charge on any atom is 0.252 e. The molecule has 3 aromatic rings. The number of piperidine rings is 1. The third-order valence-corrected chi connectivity index (χ3v) is 6.47. The lowest BCUT2D eigenvalue weighted by Crippen LogP contribution is -2.37. The molecule has 0 unspecified atom stereocenters. The quantitative estimate of drug-likeness (QED) is 0.413. The maximum absolute atomic E-state index is 14.0. The summed E-state index contributed by atoms with van der Waals surface area (Å²) in [6.45, 7) is 3.41. The number of amides is 2. The van der Waals surface area contributed by atoms with Crippen molar-refractivity contribution < 1.29 is 18.4 Å². The fourth-order valence-corrected chi connectivity index (χ4v) is 4.41. The van der Waals surface area contributed by atoms with E-state index in [9.17, 15) is 18.4 Å². The number of primary amides is 1. The van der Waals surface area contributed by atoms with Crippen molar-refractivity contribution in [2.24, 2.45) is 5.73 Å². The van der Waals surface area contributed by atoms with Gasteiger partial charge in [0.1, 0.15) is 5.82 Å². The zero-order chi connectivity index (χ0) is 25.7. The van der Waals surface area contributed by atoms with Gasteiger partial charge in [0.15, 0.2) is 11.6 Å². The fraction of sp³-hybridized carbons (Fsp3) is 0.296. The number of benzene rings is 2. The van der Waals surface area contributed by atoms with Crippen LogP contribution in [0.1, 0.15) is 53.6 Å². The molecule has 1 aromatic heterocycles. The molecule has 4 rings (SSSR count). The van der Waals surface area contributed by atoms with Gasteiger partial charge in [-0.1, -0.05) is 31.2 Å². The second-order valence-corrected chi connectivity index (χ2v) is 8.80. The van der Waals surface area contributed by atoms with Crippen LogP contribution in [0.25, 0.3) is 0 Å². The van der Waals surface area contributed by atoms with Crippen molar-refractivity contribution in [1.29, 1.82) is 0 Å². The summed E-state index contributed by atoms with van der Waals surface area (Å²) >= 11 is 0. The highest BCUT2D eigenvalue weighted by Gasteiger charge is 2.23. The number of nitrogens with zero attached hydrogens (tertiary/aromatic N) is 2. The molecule has 4 N–H and O–H groups in total. The van der Waals surface area contributed by atoms with Crippen molar-refractivity contribution in [2.45, 2.75) is 38.6 Å². The molecule has 0 spiro atoms. The highest BCUT2D eigenvalue weighted by atomic mass is 19.2. The molecule has 1 fully saturated rings. The summed E-state index contributed by atoms with van der Waals surface area (Å²) in [5.41, 5.74) is 8.11. The largest absolute Gasteiger partial charge is 0.380 e. The first-order valence-corrected chi connectivity index (χ1v) is 12.0. The number of nitrogens with two attached hydrogens (primary N) is 1. The van der Waals surface area contributed by atoms with Gasteiger partial charge in [0.05, 0.1) is 11.3 Å². The normalized spacial score (nSPS) is 13.9. The molecule has 1 aliphatic rings. The molecule has 0 bridgehead atoms. The molecule has 9 heteroatoms. The number of halogens is 2. The Labute approximate surface area is 208 Å². The van der Waals surface area contributed by atoms with Crippen LogP contribution in [0.3, 0.4) is 0 Å². The molecular formula is C27H29F2N5O2. The average molecular weight is 494 g/mol. The molecule has 0 saturated carbocycles. The zero-order valence-corrected chi connectivity index (χ0v) is 20.1. The van der Waals surface area contributed by atoms with Crippen molar-refractivity contribution in [1.82, 2.24) is 9.88 Å². The zero-order valence-electron chi connectivity index (χ0n) is 20.1. The third-order valence-electron chi connectivity index (χ3n) is 6.47. The van der Waals surface area contributed by atoms with E-state index in [0.29, 0.717) is 23.8 Å². The van der Waals surface area contributed by atoms with E-state index in [1.807, 2.05) is 24.0 Å². The van der Waals surface area contributed by atoms with Crippen LogP contribution in [0.5, 0.6) is 0 Å². The molecule has 0 aliphatic carbocycles. The predicted octanol–water partition coefficient (Wildman–Crippen LogP) is 4.93. The van der Waals surface area contributed by atoms with Crippen LogP contribution in [0.15, 0.2) is 54.7 Å². The number of hydrogen-bond donors (Lipinski definition) is 3. The Morgan fingerprint density at radius 2 is 1.83 bits per heavy atom. The van der Waals surface area contributed by atoms with E-state index in [2.05, 4.69) is 27.8 Å². The summed E-state index contributed by atoms with van der Waals surface area (Å²) in [5, 5.41) is 6.16. The van der Waals surface area contributed by atoms with Crippen molar-refractivity contribution in [3.8, 4) is 0 Å². The minimum absolute atomic E-state index is 0.0370. The van der Waals surface area contributed by atoms with Gasteiger partial charge < -0.3 is 21.3 Å². The molecule has 0 atom stereocenters. The molecule has 0 radical (unpaired) electrons. The van der Waals surface area contributed by atoms with Gasteiger partial charge >= 0.3 is 0 Å². The van der Waals surface area contributed by atoms with Gasteiger partial charge in [-0.2, -0.15) is 0 Å². The van der Waals surface area contributed by atoms with E-state index in [1.165, 1.54) is 23.9 Å². The lowest BCUT2D eigenvalue weighted by molar-refractivity contribution is -0.131. The van der Waals surface area contributed by atoms with Gasteiger partial charge in [0.25, 0.3) is 5.91 Å². The first-order chi connectivity index (χ1) is 17.4. The SMILES string of the molecule is CCC(=O)N1CCC(c2ccc(Nc3cc(NCc4cccc(F)c4F)c(C(N)=O)cn3)cc2)CC1. The van der Waals surface area contributed by atoms with Crippen molar-refractivity contribution >= 4 is 29.0 Å². The van der Waals surface area contributed by atoms with Gasteiger partial charge in [-0.25, -0.2) is 13.8 Å². The standard InChI is InChI=1S/C27H29F2N5O2/c1-2-25(35)34-12-10-18(11-13-34)17-6-8-20(9-7-17)33-24-14-23(21(16-32-24)27(30)36)31-15-19-4-3-5-22(28)26(19)29/h3-9,14,16,18H,2,10-13,15H2,1H3,(H2,30,36)(H2,31,32,33). The molecule has 2 amide bonds. The summed E-state index contributed by atoms with van der Waals surface area (Å²) in [6.07, 6.45) is 3.76. The van der Waals surface area contributed by atoms with E-state index in [-0.39, 0.29) is 23.6 Å². The highest BCUT2D eigenvalue weighted by Crippen LogP contribution is 2.30. The number of aromatic nitrogens is 1. The Kier molecular flexibility index (Phi) is 7.77. The van der Waals surface area contributed by atoms with Gasteiger partial charge in [-0.3, -0.25) is 9.59 Å². The van der Waals surface area contributed by atoms with Crippen LogP contribution in [0.4, 0.5) is 26.0 Å². The molecular weight excluding hydrogens is 464 g/mol. The van der Waals surface area contributed by atoms with E-state index in [1.54, 1.807) is 6.07 Å². The number of carbonyl (C=O) groups is 2. The monoisotopic (exact) mass is 493 g/mol. The second-order valence-electron chi connectivity index (χ2n) is 8.80. The summed E-state index contributed by atoms with van der Waals surface area (Å²) in [4.78, 5) is 30.0. The van der Waals surface area contributed by atoms with E-state index in [4.69, 9.17) is 5.73 Å². The lowest BCUT2D eigenvalue weighted by Gasteiger charge is -2.32. The molecule has 7 nitrogen and oxygen atoms in total. The van der Waals surface area contributed by atoms with Gasteiger partial charge in [-0.05, 0) is 42.5 Å². The van der Waals surface area contributed by atoms with Crippen LogP contribution in [0, 0.1) is 11.6 Å². The summed E-state index contributed by atoms with van der Waals surface area (Å²) in [7, 11) is 0. The minimum Gasteiger partial charge on any atom is -0.380 e. The van der Waals surface area contributed by atoms with Crippen molar-refractivity contribution in [3.63, 3.8) is 0 Å². The summed E-state index contributed by atoms with van der Waals surface area (Å²) < 4.78 is 27.5. The second kappa shape index (κ2) is 11.2. The number of pyridine rings is 1. The molecule has 188 valence electrons. The average Bonchev–Trinajstić information content (AvgIpc) is 2.89. The predicted molar refractivity (Wildman–Crippen MR) is 135 cm³/mol. The first kappa shape index (κ1) is 25.1. The van der Waals surface area contributed by atoms with Crippen LogP contribution in [-0.2, 0) is 11.3 Å². The molecule has 2 aromatic carbocycles. The highest BCUT2D eigenvalue weighted by molar-refractivity contribution is 5.98. The molecule has 1 saturated heterocycles. The van der Waals surface area contributed by atoms with Crippen molar-refractivity contribution in [3.05, 3.63) is 83.1 Å². The number of rotatable bonds is 8. The Balaban J connectivity index is 1.43. The smallest absolute Gasteiger partial charge is 0.252 e. The maximum atomic E-state index is 14.0. The third kappa shape index (κ3) is 5.79. The van der Waals surface area contributed by atoms with Crippen LogP contribution < -0.4 is 16.4 Å². The Morgan fingerprint density at radius 1 is 1.11 bits per heavy atom. The Morgan fingerprint density at radius 3 is 2.50 bits per heavy atom. The number of hydrogen-bond acceptors (Lipinski definition) is 5. The summed E-state index contributed by atoms with van der Waals surface area (Å²) in [5.74, 6) is -1.50. The number of nitrogens with one attached hydrogen (secondary N) is 2. The van der Waals surface area contributed by atoms with Gasteiger partial charge in [-0.15, -0.1) is 0 Å². The Bertz CT molecular complexity index is 1240. The first-order valence-electron chi connectivity index (χ1n) is 12.0. The Hall–Kier alpha value is -4.01. The number of likely N-dealkylation sites (tertiary alicyclic amines) is 1. The van der Waals surface area contributed by atoms with Crippen LogP contribution >= 0.6 is 0 Å². The van der Waals surface area contributed by atoms with Gasteiger partial charge in [0.2, 0.25) is 5.91 Å². The fourth-order valence-electron chi connectivity index (χ4n) is 4.41. The topological polar surface area (TPSA) is 100 Å². The van der Waals surface area contributed by atoms with E-state index >= 15 is 0 Å². The minimum atomic E-state index is -0.944. The van der Waals surface area contributed by atoms with Gasteiger partial charge in [0, 0.05) is 49.6 Å². The van der Waals surface area contributed by atoms with E-state index < -0.39 is 17.5 Å². The number of anilines is 3. The summed E-state index contributed by atoms with van der Waals surface area (Å²) in [6, 6.07) is 13.6. The molecule has 36 heavy (non-hydrogen) atoms. The van der Waals surface area contributed by atoms with E-state index in [0.717, 1.165) is 37.7 Å². The van der Waals surface area contributed by atoms with Crippen LogP contribution in [-0.4, -0.2) is 34.8 Å². The van der Waals surface area contributed by atoms with Crippen LogP contribution in [0.2, 0.25) is 0 Å². The molecule has 1 aliphatic heterocycles. The lowest BCUT2D eigenvalue weighted by atomic mass is 9.89.